The summed E-state index contributed by atoms with van der Waals surface area (Å²) < 4.78 is 16.3. The molecule has 0 saturated heterocycles. The first-order valence-electron chi connectivity index (χ1n) is 10.1. The Morgan fingerprint density at radius 2 is 1.81 bits per heavy atom. The fourth-order valence-electron chi connectivity index (χ4n) is 3.17. The lowest BCUT2D eigenvalue weighted by molar-refractivity contribution is -0.134. The molecule has 31 heavy (non-hydrogen) atoms. The number of cyclic esters (lactones) is 1. The van der Waals surface area contributed by atoms with Crippen LogP contribution in [-0.4, -0.2) is 24.4 Å². The molecule has 0 amide bonds. The highest BCUT2D eigenvalue weighted by molar-refractivity contribution is 6.13. The number of hydrogen-bond acceptors (Lipinski definition) is 6. The summed E-state index contributed by atoms with van der Waals surface area (Å²) in [5.74, 6) is 0.146. The van der Waals surface area contributed by atoms with E-state index in [4.69, 9.17) is 14.2 Å². The molecule has 3 aromatic carbocycles. The van der Waals surface area contributed by atoms with Crippen molar-refractivity contribution in [1.29, 1.82) is 0 Å². The summed E-state index contributed by atoms with van der Waals surface area (Å²) in [7, 11) is 0. The molecule has 0 radical (unpaired) electrons. The third-order valence-corrected chi connectivity index (χ3v) is 4.70. The molecule has 0 spiro atoms. The van der Waals surface area contributed by atoms with E-state index in [1.807, 2.05) is 49.4 Å². The molecule has 1 heterocycles. The number of benzene rings is 3. The van der Waals surface area contributed by atoms with Crippen LogP contribution < -0.4 is 9.47 Å². The molecule has 0 bridgehead atoms. The molecule has 0 aromatic heterocycles. The number of carbonyl (C=O) groups is 2. The van der Waals surface area contributed by atoms with E-state index in [1.54, 1.807) is 31.2 Å². The maximum absolute atomic E-state index is 12.4. The van der Waals surface area contributed by atoms with Crippen molar-refractivity contribution < 1.29 is 23.8 Å². The maximum Gasteiger partial charge on any atom is 0.363 e. The normalized spacial score (nSPS) is 14.5. The van der Waals surface area contributed by atoms with E-state index in [1.165, 1.54) is 0 Å². The van der Waals surface area contributed by atoms with Gasteiger partial charge in [0, 0.05) is 12.0 Å². The summed E-state index contributed by atoms with van der Waals surface area (Å²) in [5.41, 5.74) is 1.59. The maximum atomic E-state index is 12.4. The zero-order chi connectivity index (χ0) is 21.8. The van der Waals surface area contributed by atoms with Crippen LogP contribution in [0.25, 0.3) is 16.8 Å². The van der Waals surface area contributed by atoms with E-state index in [0.29, 0.717) is 23.7 Å². The first-order valence-corrected chi connectivity index (χ1v) is 10.1. The van der Waals surface area contributed by atoms with Gasteiger partial charge < -0.3 is 14.2 Å². The van der Waals surface area contributed by atoms with Crippen LogP contribution in [0.2, 0.25) is 0 Å². The van der Waals surface area contributed by atoms with Gasteiger partial charge in [-0.3, -0.25) is 4.79 Å². The number of fused-ring (bicyclic) bond motifs is 1. The first-order chi connectivity index (χ1) is 15.1. The molecule has 0 saturated carbocycles. The topological polar surface area (TPSA) is 74.2 Å². The Morgan fingerprint density at radius 3 is 2.58 bits per heavy atom. The Kier molecular flexibility index (Phi) is 5.80. The van der Waals surface area contributed by atoms with Gasteiger partial charge in [-0.15, -0.1) is 0 Å². The van der Waals surface area contributed by atoms with Gasteiger partial charge in [-0.25, -0.2) is 9.79 Å². The minimum absolute atomic E-state index is 0.184. The minimum atomic E-state index is -0.525. The van der Waals surface area contributed by atoms with Gasteiger partial charge in [0.15, 0.2) is 17.2 Å². The van der Waals surface area contributed by atoms with Crippen LogP contribution in [0.15, 0.2) is 71.4 Å². The van der Waals surface area contributed by atoms with Gasteiger partial charge in [-0.1, -0.05) is 43.3 Å². The lowest BCUT2D eigenvalue weighted by atomic mass is 10.1. The smallest absolute Gasteiger partial charge is 0.363 e. The van der Waals surface area contributed by atoms with Crippen molar-refractivity contribution in [3.63, 3.8) is 0 Å². The molecule has 6 heteroatoms. The number of nitrogens with zero attached hydrogens (tertiary/aromatic N) is 1. The van der Waals surface area contributed by atoms with Crippen molar-refractivity contribution in [2.24, 2.45) is 4.99 Å². The third-order valence-electron chi connectivity index (χ3n) is 4.70. The minimum Gasteiger partial charge on any atom is -0.490 e. The molecule has 0 N–H and O–H groups in total. The highest BCUT2D eigenvalue weighted by Gasteiger charge is 2.24. The van der Waals surface area contributed by atoms with Gasteiger partial charge in [0.25, 0.3) is 0 Å². The van der Waals surface area contributed by atoms with Crippen LogP contribution in [0.5, 0.6) is 11.5 Å². The van der Waals surface area contributed by atoms with Gasteiger partial charge >= 0.3 is 11.9 Å². The number of ether oxygens (including phenoxy) is 3. The second-order valence-electron chi connectivity index (χ2n) is 6.86. The zero-order valence-corrected chi connectivity index (χ0v) is 17.3. The predicted molar refractivity (Wildman–Crippen MR) is 118 cm³/mol. The van der Waals surface area contributed by atoms with Crippen LogP contribution >= 0.6 is 0 Å². The highest BCUT2D eigenvalue weighted by atomic mass is 16.6. The van der Waals surface area contributed by atoms with Crippen molar-refractivity contribution in [2.45, 2.75) is 20.3 Å². The molecule has 6 nitrogen and oxygen atoms in total. The van der Waals surface area contributed by atoms with Crippen LogP contribution in [-0.2, 0) is 14.3 Å². The van der Waals surface area contributed by atoms with Gasteiger partial charge in [-0.05, 0) is 53.6 Å². The van der Waals surface area contributed by atoms with E-state index in [2.05, 4.69) is 4.99 Å². The molecule has 3 aromatic rings. The summed E-state index contributed by atoms with van der Waals surface area (Å²) in [6, 6.07) is 18.8. The molecule has 1 aliphatic heterocycles. The summed E-state index contributed by atoms with van der Waals surface area (Å²) in [6.45, 7) is 3.96. The summed E-state index contributed by atoms with van der Waals surface area (Å²) >= 11 is 0. The van der Waals surface area contributed by atoms with Crippen LogP contribution in [0.3, 0.4) is 0 Å². The van der Waals surface area contributed by atoms with Crippen LogP contribution in [0.1, 0.15) is 31.4 Å². The number of carbonyl (C=O) groups excluding carboxylic acids is 2. The molecule has 0 fully saturated rings. The van der Waals surface area contributed by atoms with Crippen molar-refractivity contribution in [1.82, 2.24) is 0 Å². The molecule has 4 rings (SSSR count). The van der Waals surface area contributed by atoms with E-state index < -0.39 is 5.97 Å². The largest absolute Gasteiger partial charge is 0.490 e. The SMILES string of the molecule is CCOc1cc(/C=C2\N=C(c3ccc4ccccc4c3)OC2=O)ccc1OC(=O)CC. The average molecular weight is 415 g/mol. The Balaban J connectivity index is 1.64. The molecule has 0 aliphatic carbocycles. The van der Waals surface area contributed by atoms with Gasteiger partial charge in [0.05, 0.1) is 6.61 Å². The van der Waals surface area contributed by atoms with Crippen molar-refractivity contribution in [3.8, 4) is 11.5 Å². The summed E-state index contributed by atoms with van der Waals surface area (Å²) in [6.07, 6.45) is 1.87. The quantitative estimate of drug-likeness (QED) is 0.325. The van der Waals surface area contributed by atoms with Gasteiger partial charge in [-0.2, -0.15) is 0 Å². The Hall–Kier alpha value is -3.93. The van der Waals surface area contributed by atoms with E-state index in [9.17, 15) is 9.59 Å². The van der Waals surface area contributed by atoms with Gasteiger partial charge in [0.1, 0.15) is 0 Å². The standard InChI is InChI=1S/C25H21NO5/c1-3-23(27)30-21-12-9-16(14-22(21)29-4-2)13-20-25(28)31-24(26-20)19-11-10-17-7-5-6-8-18(17)15-19/h5-15H,3-4H2,1-2H3/b20-13-. The Labute approximate surface area is 179 Å². The van der Waals surface area contributed by atoms with E-state index in [0.717, 1.165) is 16.3 Å². The van der Waals surface area contributed by atoms with Crippen LogP contribution in [0, 0.1) is 0 Å². The third kappa shape index (κ3) is 4.48. The lowest BCUT2D eigenvalue weighted by Crippen LogP contribution is -2.07. The fourth-order valence-corrected chi connectivity index (χ4v) is 3.17. The molecular formula is C25H21NO5. The van der Waals surface area contributed by atoms with E-state index >= 15 is 0 Å². The monoisotopic (exact) mass is 415 g/mol. The summed E-state index contributed by atoms with van der Waals surface area (Å²) in [5, 5.41) is 2.13. The number of rotatable bonds is 6. The van der Waals surface area contributed by atoms with Crippen molar-refractivity contribution in [2.75, 3.05) is 6.61 Å². The first kappa shape index (κ1) is 20.3. The van der Waals surface area contributed by atoms with Crippen molar-refractivity contribution in [3.05, 3.63) is 77.5 Å². The fraction of sp³-hybridized carbons (Fsp3) is 0.160. The molecule has 0 atom stereocenters. The molecule has 1 aliphatic rings. The lowest BCUT2D eigenvalue weighted by Gasteiger charge is -2.10. The molecule has 0 unspecified atom stereocenters. The second-order valence-corrected chi connectivity index (χ2v) is 6.86. The van der Waals surface area contributed by atoms with Crippen molar-refractivity contribution >= 4 is 34.7 Å². The Morgan fingerprint density at radius 1 is 1.00 bits per heavy atom. The number of esters is 2. The summed E-state index contributed by atoms with van der Waals surface area (Å²) in [4.78, 5) is 28.4. The molecular weight excluding hydrogens is 394 g/mol. The van der Waals surface area contributed by atoms with E-state index in [-0.39, 0.29) is 24.0 Å². The number of aliphatic imine (C=N–C) groups is 1. The number of hydrogen-bond donors (Lipinski definition) is 0. The van der Waals surface area contributed by atoms with Crippen LogP contribution in [0.4, 0.5) is 0 Å². The zero-order valence-electron chi connectivity index (χ0n) is 17.3. The Bertz CT molecular complexity index is 1230. The highest BCUT2D eigenvalue weighted by Crippen LogP contribution is 2.30. The predicted octanol–water partition coefficient (Wildman–Crippen LogP) is 4.90. The molecule has 156 valence electrons. The average Bonchev–Trinajstić information content (AvgIpc) is 3.15. The van der Waals surface area contributed by atoms with Gasteiger partial charge in [0.2, 0.25) is 5.90 Å². The second kappa shape index (κ2) is 8.83.